The van der Waals surface area contributed by atoms with Gasteiger partial charge in [-0.05, 0) is 46.9 Å². The summed E-state index contributed by atoms with van der Waals surface area (Å²) in [4.78, 5) is 0. The Hall–Kier alpha value is -0.490. The van der Waals surface area contributed by atoms with Crippen LogP contribution in [0.3, 0.4) is 0 Å². The van der Waals surface area contributed by atoms with Gasteiger partial charge in [0.05, 0.1) is 0 Å². The normalized spacial score (nSPS) is 8.44. The summed E-state index contributed by atoms with van der Waals surface area (Å²) in [5.74, 6) is 2.55. The number of hydrogen-bond acceptors (Lipinski definition) is 0. The molecule has 0 aliphatic rings. The second-order valence-electron chi connectivity index (χ2n) is 1.65. The van der Waals surface area contributed by atoms with Gasteiger partial charge in [-0.15, -0.1) is 6.42 Å². The summed E-state index contributed by atoms with van der Waals surface area (Å²) in [6.45, 7) is 0. The Labute approximate surface area is 68.4 Å². The van der Waals surface area contributed by atoms with Gasteiger partial charge < -0.3 is 0 Å². The molecule has 0 aliphatic heterocycles. The van der Waals surface area contributed by atoms with Crippen LogP contribution >= 0.6 is 22.6 Å². The molecular formula is C8H5I. The Bertz CT molecular complexity index is 228. The molecule has 9 heavy (non-hydrogen) atoms. The van der Waals surface area contributed by atoms with Gasteiger partial charge in [0.15, 0.2) is 0 Å². The van der Waals surface area contributed by atoms with E-state index in [2.05, 4.69) is 28.5 Å². The molecule has 0 bridgehead atoms. The van der Waals surface area contributed by atoms with Crippen LogP contribution in [-0.2, 0) is 0 Å². The molecule has 1 aromatic carbocycles. The topological polar surface area (TPSA) is 0 Å². The number of halogens is 1. The zero-order valence-electron chi connectivity index (χ0n) is 4.76. The Morgan fingerprint density at radius 3 is 2.22 bits per heavy atom. The summed E-state index contributed by atoms with van der Waals surface area (Å²) >= 11 is 2.24. The smallest absolute Gasteiger partial charge is 0.0243 e. The minimum atomic E-state index is 0.940. The van der Waals surface area contributed by atoms with Gasteiger partial charge in [-0.3, -0.25) is 0 Å². The molecule has 0 aliphatic carbocycles. The van der Waals surface area contributed by atoms with Crippen LogP contribution in [0.25, 0.3) is 0 Å². The van der Waals surface area contributed by atoms with E-state index >= 15 is 0 Å². The lowest BCUT2D eigenvalue weighted by atomic mass is 10.2. The SMILES string of the molecule is C#Cc1ccc(I)cc1. The van der Waals surface area contributed by atoms with Crippen molar-refractivity contribution in [1.29, 1.82) is 0 Å². The molecule has 0 fully saturated rings. The van der Waals surface area contributed by atoms with Gasteiger partial charge in [0.1, 0.15) is 0 Å². The molecule has 1 rings (SSSR count). The van der Waals surface area contributed by atoms with Crippen LogP contribution in [0.2, 0.25) is 0 Å². The highest BCUT2D eigenvalue weighted by atomic mass is 127. The summed E-state index contributed by atoms with van der Waals surface area (Å²) in [7, 11) is 0. The summed E-state index contributed by atoms with van der Waals surface area (Å²) in [5, 5.41) is 0. The van der Waals surface area contributed by atoms with E-state index in [9.17, 15) is 0 Å². The van der Waals surface area contributed by atoms with E-state index in [0.29, 0.717) is 0 Å². The maximum atomic E-state index is 5.15. The first-order valence-corrected chi connectivity index (χ1v) is 3.63. The van der Waals surface area contributed by atoms with Crippen LogP contribution in [-0.4, -0.2) is 0 Å². The lowest BCUT2D eigenvalue weighted by molar-refractivity contribution is 1.60. The molecule has 0 aromatic heterocycles. The molecule has 0 heterocycles. The van der Waals surface area contributed by atoms with Gasteiger partial charge in [0, 0.05) is 9.13 Å². The van der Waals surface area contributed by atoms with Crippen molar-refractivity contribution in [3.63, 3.8) is 0 Å². The van der Waals surface area contributed by atoms with E-state index in [-0.39, 0.29) is 0 Å². The van der Waals surface area contributed by atoms with Gasteiger partial charge in [-0.1, -0.05) is 5.92 Å². The molecule has 1 aromatic rings. The molecule has 0 amide bonds. The maximum Gasteiger partial charge on any atom is 0.0243 e. The van der Waals surface area contributed by atoms with Crippen molar-refractivity contribution >= 4 is 22.6 Å². The van der Waals surface area contributed by atoms with Crippen LogP contribution < -0.4 is 0 Å². The second kappa shape index (κ2) is 2.88. The first kappa shape index (κ1) is 6.63. The van der Waals surface area contributed by atoms with Crippen LogP contribution in [0.5, 0.6) is 0 Å². The second-order valence-corrected chi connectivity index (χ2v) is 2.90. The minimum absolute atomic E-state index is 0.940. The molecule has 0 radical (unpaired) electrons. The summed E-state index contributed by atoms with van der Waals surface area (Å²) in [6, 6.07) is 7.86. The molecular weight excluding hydrogens is 223 g/mol. The highest BCUT2D eigenvalue weighted by molar-refractivity contribution is 14.1. The molecule has 0 saturated carbocycles. The van der Waals surface area contributed by atoms with Crippen molar-refractivity contribution in [2.45, 2.75) is 0 Å². The van der Waals surface area contributed by atoms with Crippen molar-refractivity contribution in [2.75, 3.05) is 0 Å². The standard InChI is InChI=1S/C8H5I/c1-2-7-3-5-8(9)6-4-7/h1,3-6H. The Morgan fingerprint density at radius 2 is 1.78 bits per heavy atom. The first-order valence-electron chi connectivity index (χ1n) is 2.55. The van der Waals surface area contributed by atoms with E-state index in [1.165, 1.54) is 3.57 Å². The molecule has 0 atom stereocenters. The van der Waals surface area contributed by atoms with E-state index < -0.39 is 0 Å². The van der Waals surface area contributed by atoms with Crippen LogP contribution in [0.15, 0.2) is 24.3 Å². The zero-order valence-corrected chi connectivity index (χ0v) is 6.92. The summed E-state index contributed by atoms with van der Waals surface area (Å²) in [6.07, 6.45) is 5.15. The highest BCUT2D eigenvalue weighted by Gasteiger charge is 1.84. The third-order valence-electron chi connectivity index (χ3n) is 1.01. The van der Waals surface area contributed by atoms with Crippen molar-refractivity contribution in [3.8, 4) is 12.3 Å². The zero-order chi connectivity index (χ0) is 6.69. The Kier molecular flexibility index (Phi) is 2.12. The van der Waals surface area contributed by atoms with Crippen LogP contribution in [0.1, 0.15) is 5.56 Å². The average Bonchev–Trinajstić information content (AvgIpc) is 1.90. The van der Waals surface area contributed by atoms with E-state index in [4.69, 9.17) is 6.42 Å². The predicted molar refractivity (Wildman–Crippen MR) is 47.1 cm³/mol. The lowest BCUT2D eigenvalue weighted by Gasteiger charge is -1.88. The summed E-state index contributed by atoms with van der Waals surface area (Å²) in [5.41, 5.74) is 0.940. The number of hydrogen-bond donors (Lipinski definition) is 0. The quantitative estimate of drug-likeness (QED) is 0.472. The molecule has 1 heteroatoms. The fraction of sp³-hybridized carbons (Fsp3) is 0. The highest BCUT2D eigenvalue weighted by Crippen LogP contribution is 2.04. The number of benzene rings is 1. The molecule has 0 unspecified atom stereocenters. The largest absolute Gasteiger partial charge is 0.115 e. The van der Waals surface area contributed by atoms with Crippen LogP contribution in [0, 0.1) is 15.9 Å². The molecule has 0 N–H and O–H groups in total. The fourth-order valence-electron chi connectivity index (χ4n) is 0.546. The number of terminal acetylenes is 1. The average molecular weight is 228 g/mol. The molecule has 44 valence electrons. The van der Waals surface area contributed by atoms with E-state index in [1.54, 1.807) is 0 Å². The Morgan fingerprint density at radius 1 is 1.22 bits per heavy atom. The third-order valence-corrected chi connectivity index (χ3v) is 1.73. The minimum Gasteiger partial charge on any atom is -0.115 e. The third kappa shape index (κ3) is 1.72. The Balaban J connectivity index is 3.06. The van der Waals surface area contributed by atoms with Crippen LogP contribution in [0.4, 0.5) is 0 Å². The monoisotopic (exact) mass is 228 g/mol. The lowest BCUT2D eigenvalue weighted by Crippen LogP contribution is -1.72. The van der Waals surface area contributed by atoms with Crippen molar-refractivity contribution in [2.24, 2.45) is 0 Å². The molecule has 0 spiro atoms. The van der Waals surface area contributed by atoms with Crippen molar-refractivity contribution in [1.82, 2.24) is 0 Å². The predicted octanol–water partition coefficient (Wildman–Crippen LogP) is 2.27. The van der Waals surface area contributed by atoms with Crippen molar-refractivity contribution in [3.05, 3.63) is 33.4 Å². The van der Waals surface area contributed by atoms with Gasteiger partial charge >= 0.3 is 0 Å². The van der Waals surface area contributed by atoms with E-state index in [0.717, 1.165) is 5.56 Å². The van der Waals surface area contributed by atoms with Gasteiger partial charge in [0.25, 0.3) is 0 Å². The van der Waals surface area contributed by atoms with Gasteiger partial charge in [-0.25, -0.2) is 0 Å². The molecule has 0 saturated heterocycles. The number of rotatable bonds is 0. The maximum absolute atomic E-state index is 5.15. The summed E-state index contributed by atoms with van der Waals surface area (Å²) < 4.78 is 1.21. The van der Waals surface area contributed by atoms with Crippen molar-refractivity contribution < 1.29 is 0 Å². The van der Waals surface area contributed by atoms with Gasteiger partial charge in [-0.2, -0.15) is 0 Å². The van der Waals surface area contributed by atoms with E-state index in [1.807, 2.05) is 24.3 Å². The molecule has 0 nitrogen and oxygen atoms in total. The first-order chi connectivity index (χ1) is 4.33. The fourth-order valence-corrected chi connectivity index (χ4v) is 0.906. The van der Waals surface area contributed by atoms with Gasteiger partial charge in [0.2, 0.25) is 0 Å².